The maximum atomic E-state index is 14.4. The van der Waals surface area contributed by atoms with Crippen molar-refractivity contribution in [1.29, 1.82) is 0 Å². The zero-order valence-electron chi connectivity index (χ0n) is 23.9. The minimum absolute atomic E-state index is 0.179. The molecule has 0 bridgehead atoms. The fourth-order valence-corrected chi connectivity index (χ4v) is 5.95. The van der Waals surface area contributed by atoms with Crippen LogP contribution in [-0.2, 0) is 17.7 Å². The predicted molar refractivity (Wildman–Crippen MR) is 163 cm³/mol. The van der Waals surface area contributed by atoms with Gasteiger partial charge in [-0.1, -0.05) is 48.5 Å². The van der Waals surface area contributed by atoms with E-state index in [1.807, 2.05) is 60.7 Å². The molecule has 2 amide bonds. The number of urea groups is 1. The molecule has 1 heterocycles. The molecule has 11 nitrogen and oxygen atoms in total. The van der Waals surface area contributed by atoms with E-state index in [0.29, 0.717) is 22.6 Å². The first kappa shape index (κ1) is 31.2. The van der Waals surface area contributed by atoms with E-state index < -0.39 is 28.9 Å². The third kappa shape index (κ3) is 7.27. The average Bonchev–Trinajstić information content (AvgIpc) is 3.28. The second-order valence-corrected chi connectivity index (χ2v) is 11.3. The first-order chi connectivity index (χ1) is 21.2. The van der Waals surface area contributed by atoms with Crippen LogP contribution in [0.4, 0.5) is 4.79 Å². The number of carbonyl (C=O) groups is 1. The second kappa shape index (κ2) is 14.0. The molecule has 1 saturated heterocycles. The van der Waals surface area contributed by atoms with E-state index in [4.69, 9.17) is 18.5 Å². The summed E-state index contributed by atoms with van der Waals surface area (Å²) >= 11 is 0. The van der Waals surface area contributed by atoms with Crippen LogP contribution in [0.3, 0.4) is 0 Å². The smallest absolute Gasteiger partial charge is 0.497 e. The lowest BCUT2D eigenvalue weighted by Crippen LogP contribution is -2.32. The average molecular weight is 638 g/mol. The first-order valence-corrected chi connectivity index (χ1v) is 15.8. The Morgan fingerprint density at radius 3 is 1.59 bits per heavy atom. The number of methoxy groups -OCH3 is 2. The molecular weight excluding hydrogens is 606 g/mol. The van der Waals surface area contributed by atoms with Gasteiger partial charge >= 0.3 is 22.9 Å². The number of ether oxygens (including phenoxy) is 2. The van der Waals surface area contributed by atoms with E-state index in [1.165, 1.54) is 0 Å². The SMILES string of the molecule is COc1ccc(CN2C(=O)N(Cc3ccc(OC)cc3)[C@@H](c3cccc(O[P+](=O)O)c3)[C@@H]2c2cccc(OP(O)O)c2)cc1. The third-order valence-electron chi connectivity index (χ3n) is 7.26. The fraction of sp³-hybridized carbons (Fsp3) is 0.194. The number of amides is 2. The standard InChI is InChI=1S/C31H30N2O9P2/c1-39-25-13-9-21(10-14-25)19-32-29(23-5-3-7-27(17-23)41-43(35)36)30(24-6-4-8-28(18-24)42-44(37)38)33(31(32)34)20-22-11-15-26(40-2)16-12-22/h3-18,29-30,35-36H,19-20H2,1-2H3/p+1/t29-,30-/m0/s1. The Balaban J connectivity index is 1.64. The van der Waals surface area contributed by atoms with Crippen LogP contribution in [0, 0.1) is 0 Å². The highest BCUT2D eigenvalue weighted by Gasteiger charge is 2.47. The van der Waals surface area contributed by atoms with Crippen LogP contribution >= 0.6 is 16.9 Å². The summed E-state index contributed by atoms with van der Waals surface area (Å²) in [6.07, 6.45) is 0. The van der Waals surface area contributed by atoms with Gasteiger partial charge in [0.1, 0.15) is 17.2 Å². The summed E-state index contributed by atoms with van der Waals surface area (Å²) in [6, 6.07) is 27.0. The minimum atomic E-state index is -2.91. The van der Waals surface area contributed by atoms with Crippen LogP contribution in [0.15, 0.2) is 97.1 Å². The lowest BCUT2D eigenvalue weighted by atomic mass is 9.92. The zero-order chi connectivity index (χ0) is 31.2. The van der Waals surface area contributed by atoms with Crippen LogP contribution in [0.5, 0.6) is 23.0 Å². The van der Waals surface area contributed by atoms with Gasteiger partial charge in [0.05, 0.1) is 26.3 Å². The Morgan fingerprint density at radius 2 is 1.16 bits per heavy atom. The van der Waals surface area contributed by atoms with E-state index in [0.717, 1.165) is 11.1 Å². The van der Waals surface area contributed by atoms with Crippen molar-refractivity contribution in [2.24, 2.45) is 0 Å². The maximum absolute atomic E-state index is 14.4. The summed E-state index contributed by atoms with van der Waals surface area (Å²) < 4.78 is 32.5. The second-order valence-electron chi connectivity index (χ2n) is 9.94. The number of benzene rings is 4. The Kier molecular flexibility index (Phi) is 9.95. The Bertz CT molecular complexity index is 1600. The van der Waals surface area contributed by atoms with Gasteiger partial charge in [-0.3, -0.25) is 0 Å². The lowest BCUT2D eigenvalue weighted by molar-refractivity contribution is 0.181. The molecule has 3 N–H and O–H groups in total. The molecule has 0 aliphatic carbocycles. The molecule has 1 aliphatic heterocycles. The van der Waals surface area contributed by atoms with Crippen molar-refractivity contribution in [3.63, 3.8) is 0 Å². The molecule has 3 atom stereocenters. The van der Waals surface area contributed by atoms with Crippen molar-refractivity contribution in [3.8, 4) is 23.0 Å². The molecule has 1 unspecified atom stereocenters. The molecule has 228 valence electrons. The van der Waals surface area contributed by atoms with E-state index in [2.05, 4.69) is 0 Å². The van der Waals surface area contributed by atoms with Gasteiger partial charge in [0.2, 0.25) is 0 Å². The molecule has 44 heavy (non-hydrogen) atoms. The molecule has 13 heteroatoms. The summed E-state index contributed by atoms with van der Waals surface area (Å²) in [5, 5.41) is 0. The van der Waals surface area contributed by atoms with Gasteiger partial charge in [0.15, 0.2) is 5.75 Å². The molecule has 0 aromatic heterocycles. The van der Waals surface area contributed by atoms with Crippen LogP contribution in [-0.4, -0.2) is 44.7 Å². The summed E-state index contributed by atoms with van der Waals surface area (Å²) in [7, 11) is -2.40. The molecule has 4 aromatic rings. The highest BCUT2D eigenvalue weighted by molar-refractivity contribution is 7.39. The highest BCUT2D eigenvalue weighted by Crippen LogP contribution is 2.48. The zero-order valence-corrected chi connectivity index (χ0v) is 25.7. The Labute approximate surface area is 256 Å². The van der Waals surface area contributed by atoms with Gasteiger partial charge in [-0.05, 0) is 70.8 Å². The number of hydrogen-bond acceptors (Lipinski definition) is 8. The highest BCUT2D eigenvalue weighted by atomic mass is 31.2. The molecule has 0 radical (unpaired) electrons. The van der Waals surface area contributed by atoms with Crippen molar-refractivity contribution < 1.29 is 42.6 Å². The largest absolute Gasteiger partial charge is 0.747 e. The van der Waals surface area contributed by atoms with Gasteiger partial charge in [0.25, 0.3) is 0 Å². The molecule has 1 fully saturated rings. The number of rotatable bonds is 12. The molecule has 4 aromatic carbocycles. The fourth-order valence-electron chi connectivity index (χ4n) is 5.35. The lowest BCUT2D eigenvalue weighted by Gasteiger charge is -2.29. The molecular formula is C31H31N2O9P2+. The van der Waals surface area contributed by atoms with Gasteiger partial charge in [-0.15, -0.1) is 4.89 Å². The summed E-state index contributed by atoms with van der Waals surface area (Å²) in [5.74, 6) is 1.78. The molecule has 5 rings (SSSR count). The summed E-state index contributed by atoms with van der Waals surface area (Å²) in [4.78, 5) is 46.4. The molecule has 0 spiro atoms. The van der Waals surface area contributed by atoms with Crippen molar-refractivity contribution in [3.05, 3.63) is 119 Å². The van der Waals surface area contributed by atoms with Crippen molar-refractivity contribution >= 4 is 22.9 Å². The topological polar surface area (TPSA) is 138 Å². The van der Waals surface area contributed by atoms with Crippen LogP contribution in [0.2, 0.25) is 0 Å². The van der Waals surface area contributed by atoms with Gasteiger partial charge in [0, 0.05) is 17.7 Å². The molecule has 0 saturated carbocycles. The van der Waals surface area contributed by atoms with E-state index in [9.17, 15) is 24.0 Å². The predicted octanol–water partition coefficient (Wildman–Crippen LogP) is 6.24. The minimum Gasteiger partial charge on any atom is -0.497 e. The Hall–Kier alpha value is -4.24. The number of nitrogens with zero attached hydrogens (tertiary/aromatic N) is 2. The summed E-state index contributed by atoms with van der Waals surface area (Å²) in [6.45, 7) is 0.497. The monoisotopic (exact) mass is 637 g/mol. The summed E-state index contributed by atoms with van der Waals surface area (Å²) in [5.41, 5.74) is 3.08. The van der Waals surface area contributed by atoms with Gasteiger partial charge in [-0.25, -0.2) is 9.32 Å². The first-order valence-electron chi connectivity index (χ1n) is 13.5. The van der Waals surface area contributed by atoms with Crippen molar-refractivity contribution in [1.82, 2.24) is 9.80 Å². The Morgan fingerprint density at radius 1 is 0.705 bits per heavy atom. The van der Waals surface area contributed by atoms with Gasteiger partial charge in [-0.2, -0.15) is 0 Å². The van der Waals surface area contributed by atoms with Crippen molar-refractivity contribution in [2.75, 3.05) is 14.2 Å². The van der Waals surface area contributed by atoms with Crippen LogP contribution in [0.25, 0.3) is 0 Å². The number of carbonyl (C=O) groups excluding carboxylic acids is 1. The van der Waals surface area contributed by atoms with Crippen LogP contribution in [0.1, 0.15) is 34.3 Å². The van der Waals surface area contributed by atoms with E-state index >= 15 is 0 Å². The quantitative estimate of drug-likeness (QED) is 0.154. The maximum Gasteiger partial charge on any atom is 0.747 e. The number of hydrogen-bond donors (Lipinski definition) is 3. The third-order valence-corrected chi connectivity index (χ3v) is 8.00. The van der Waals surface area contributed by atoms with E-state index in [-0.39, 0.29) is 30.6 Å². The van der Waals surface area contributed by atoms with Crippen LogP contribution < -0.4 is 18.5 Å². The van der Waals surface area contributed by atoms with Gasteiger partial charge < -0.3 is 33.6 Å². The van der Waals surface area contributed by atoms with Crippen molar-refractivity contribution in [2.45, 2.75) is 25.2 Å². The molecule has 1 aliphatic rings. The normalized spacial score (nSPS) is 16.7. The van der Waals surface area contributed by atoms with E-state index in [1.54, 1.807) is 60.4 Å².